The minimum atomic E-state index is -2.74. The summed E-state index contributed by atoms with van der Waals surface area (Å²) in [4.78, 5) is 0. The molecule has 0 aliphatic heterocycles. The lowest BCUT2D eigenvalue weighted by Gasteiger charge is -2.24. The molecule has 0 atom stereocenters. The van der Waals surface area contributed by atoms with Gasteiger partial charge >= 0.3 is 6.43 Å². The van der Waals surface area contributed by atoms with E-state index in [9.17, 15) is 8.78 Å². The van der Waals surface area contributed by atoms with Crippen LogP contribution in [0.5, 0.6) is 0 Å². The summed E-state index contributed by atoms with van der Waals surface area (Å²) in [6.07, 6.45) is -2.35. The predicted octanol–water partition coefficient (Wildman–Crippen LogP) is 3.96. The van der Waals surface area contributed by atoms with E-state index >= 15 is 0 Å². The quantitative estimate of drug-likeness (QED) is 0.619. The van der Waals surface area contributed by atoms with Crippen molar-refractivity contribution in [1.82, 2.24) is 0 Å². The van der Waals surface area contributed by atoms with Crippen molar-refractivity contribution >= 4 is 58.0 Å². The highest BCUT2D eigenvalue weighted by atomic mass is 35.6. The lowest BCUT2D eigenvalue weighted by atomic mass is 10.5. The summed E-state index contributed by atoms with van der Waals surface area (Å²) in [6, 6.07) is 0. The zero-order chi connectivity index (χ0) is 8.58. The Morgan fingerprint density at radius 3 is 1.20 bits per heavy atom. The first-order valence-electron chi connectivity index (χ1n) is 1.82. The van der Waals surface area contributed by atoms with Crippen LogP contribution in [0.25, 0.3) is 0 Å². The summed E-state index contributed by atoms with van der Waals surface area (Å²) in [5.41, 5.74) is 0. The number of alkyl halides is 5. The van der Waals surface area contributed by atoms with Crippen molar-refractivity contribution < 1.29 is 8.78 Å². The molecule has 0 aromatic rings. The Kier molecular flexibility index (Phi) is 3.80. The molecule has 0 nitrogen and oxygen atoms in total. The maximum absolute atomic E-state index is 11.7. The van der Waals surface area contributed by atoms with Crippen LogP contribution in [0, 0.1) is 6.43 Å². The van der Waals surface area contributed by atoms with Gasteiger partial charge in [-0.25, -0.2) is 0 Å². The Labute approximate surface area is 81.3 Å². The van der Waals surface area contributed by atoms with Crippen molar-refractivity contribution in [2.45, 2.75) is 8.13 Å². The van der Waals surface area contributed by atoms with E-state index in [0.717, 1.165) is 0 Å². The topological polar surface area (TPSA) is 0 Å². The third-order valence-electron chi connectivity index (χ3n) is 0.593. The second-order valence-corrected chi connectivity index (χ2v) is 4.94. The molecule has 0 aliphatic carbocycles. The summed E-state index contributed by atoms with van der Waals surface area (Å²) in [5, 5.41) is 0. The van der Waals surface area contributed by atoms with E-state index in [1.54, 1.807) is 0 Å². The van der Waals surface area contributed by atoms with Gasteiger partial charge in [-0.3, -0.25) is 0 Å². The summed E-state index contributed by atoms with van der Waals surface area (Å²) < 4.78 is 18.3. The van der Waals surface area contributed by atoms with Gasteiger partial charge < -0.3 is 0 Å². The molecule has 0 bridgehead atoms. The fourth-order valence-electron chi connectivity index (χ4n) is 0.107. The standard InChI is InChI=1S/C3Cl5F2/c4-2(5,1(9)10)3(6,7)8. The first-order valence-corrected chi connectivity index (χ1v) is 3.71. The first-order chi connectivity index (χ1) is 4.19. The van der Waals surface area contributed by atoms with Crippen LogP contribution in [0.15, 0.2) is 0 Å². The normalized spacial score (nSPS) is 14.4. The van der Waals surface area contributed by atoms with Crippen molar-refractivity contribution in [3.63, 3.8) is 0 Å². The van der Waals surface area contributed by atoms with E-state index in [2.05, 4.69) is 0 Å². The smallest absolute Gasteiger partial charge is 0.196 e. The third-order valence-corrected chi connectivity index (χ3v) is 2.88. The summed E-state index contributed by atoms with van der Waals surface area (Å²) in [7, 11) is 0. The van der Waals surface area contributed by atoms with Crippen molar-refractivity contribution in [2.75, 3.05) is 0 Å². The molecule has 1 radical (unpaired) electrons. The average molecular weight is 251 g/mol. The number of hydrogen-bond donors (Lipinski definition) is 0. The van der Waals surface area contributed by atoms with Crippen LogP contribution in [0.4, 0.5) is 8.78 Å². The Bertz CT molecular complexity index is 117. The van der Waals surface area contributed by atoms with Gasteiger partial charge in [-0.05, 0) is 0 Å². The van der Waals surface area contributed by atoms with Crippen molar-refractivity contribution in [3.05, 3.63) is 6.43 Å². The highest BCUT2D eigenvalue weighted by Crippen LogP contribution is 2.52. The molecule has 0 amide bonds. The number of hydrogen-bond acceptors (Lipinski definition) is 0. The minimum Gasteiger partial charge on any atom is -0.196 e. The van der Waals surface area contributed by atoms with Gasteiger partial charge in [0.05, 0.1) is 0 Å². The second-order valence-electron chi connectivity index (χ2n) is 1.33. The van der Waals surface area contributed by atoms with Gasteiger partial charge in [0.1, 0.15) is 0 Å². The van der Waals surface area contributed by atoms with Crippen LogP contribution in [0.1, 0.15) is 0 Å². The Morgan fingerprint density at radius 2 is 1.20 bits per heavy atom. The van der Waals surface area contributed by atoms with E-state index in [0.29, 0.717) is 0 Å². The molecule has 0 aliphatic rings. The molecule has 0 fully saturated rings. The molecule has 0 aromatic heterocycles. The molecule has 0 saturated carbocycles. The lowest BCUT2D eigenvalue weighted by molar-refractivity contribution is 0.261. The maximum atomic E-state index is 11.7. The van der Waals surface area contributed by atoms with E-state index in [4.69, 9.17) is 58.0 Å². The average Bonchev–Trinajstić information content (AvgIpc) is 1.62. The molecule has 0 rings (SSSR count). The Hall–Kier alpha value is 1.31. The predicted molar refractivity (Wildman–Crippen MR) is 40.2 cm³/mol. The van der Waals surface area contributed by atoms with Gasteiger partial charge in [0.25, 0.3) is 0 Å². The summed E-state index contributed by atoms with van der Waals surface area (Å²) >= 11 is 24.8. The SMILES string of the molecule is F[C](F)C(Cl)(Cl)C(Cl)(Cl)Cl. The van der Waals surface area contributed by atoms with Crippen LogP contribution < -0.4 is 0 Å². The maximum Gasteiger partial charge on any atom is 0.349 e. The first kappa shape index (κ1) is 11.3. The van der Waals surface area contributed by atoms with E-state index in [1.165, 1.54) is 0 Å². The van der Waals surface area contributed by atoms with Crippen molar-refractivity contribution in [2.24, 2.45) is 0 Å². The fraction of sp³-hybridized carbons (Fsp3) is 0.667. The van der Waals surface area contributed by atoms with E-state index in [1.807, 2.05) is 0 Å². The van der Waals surface area contributed by atoms with Crippen LogP contribution in [0.3, 0.4) is 0 Å². The summed E-state index contributed by atoms with van der Waals surface area (Å²) in [5.74, 6) is 0. The van der Waals surface area contributed by atoms with Gasteiger partial charge in [-0.15, -0.1) is 0 Å². The molecule has 7 heteroatoms. The molecular weight excluding hydrogens is 251 g/mol. The van der Waals surface area contributed by atoms with Crippen molar-refractivity contribution in [3.8, 4) is 0 Å². The Balaban J connectivity index is 4.40. The van der Waals surface area contributed by atoms with Crippen LogP contribution in [-0.2, 0) is 0 Å². The second kappa shape index (κ2) is 3.36. The largest absolute Gasteiger partial charge is 0.349 e. The van der Waals surface area contributed by atoms with Crippen LogP contribution in [0.2, 0.25) is 0 Å². The molecular formula is C3Cl5F2. The number of rotatable bonds is 1. The van der Waals surface area contributed by atoms with Gasteiger partial charge in [0, 0.05) is 0 Å². The third kappa shape index (κ3) is 2.42. The molecule has 0 N–H and O–H groups in total. The highest BCUT2D eigenvalue weighted by molar-refractivity contribution is 6.76. The van der Waals surface area contributed by atoms with E-state index in [-0.39, 0.29) is 0 Å². The molecule has 61 valence electrons. The van der Waals surface area contributed by atoms with Gasteiger partial charge in [-0.2, -0.15) is 8.78 Å². The molecule has 0 spiro atoms. The molecule has 0 heterocycles. The lowest BCUT2D eigenvalue weighted by Crippen LogP contribution is -2.33. The van der Waals surface area contributed by atoms with Crippen LogP contribution in [-0.4, -0.2) is 8.13 Å². The van der Waals surface area contributed by atoms with Gasteiger partial charge in [0.15, 0.2) is 0 Å². The monoisotopic (exact) mass is 249 g/mol. The number of halogens is 7. The fourth-order valence-corrected chi connectivity index (χ4v) is 0.321. The van der Waals surface area contributed by atoms with Gasteiger partial charge in [0.2, 0.25) is 8.13 Å². The minimum absolute atomic E-state index is 2.35. The molecule has 0 saturated heterocycles. The Morgan fingerprint density at radius 1 is 0.900 bits per heavy atom. The zero-order valence-corrected chi connectivity index (χ0v) is 7.93. The molecule has 0 unspecified atom stereocenters. The van der Waals surface area contributed by atoms with E-state index < -0.39 is 14.6 Å². The zero-order valence-electron chi connectivity index (χ0n) is 4.15. The van der Waals surface area contributed by atoms with Crippen LogP contribution >= 0.6 is 58.0 Å². The highest BCUT2D eigenvalue weighted by Gasteiger charge is 2.54. The summed E-state index contributed by atoms with van der Waals surface area (Å²) in [6.45, 7) is 0. The molecule has 0 aromatic carbocycles. The van der Waals surface area contributed by atoms with Gasteiger partial charge in [-0.1, -0.05) is 58.0 Å². The molecule has 10 heavy (non-hydrogen) atoms. The van der Waals surface area contributed by atoms with Crippen molar-refractivity contribution in [1.29, 1.82) is 0 Å².